The van der Waals surface area contributed by atoms with Crippen molar-refractivity contribution in [3.63, 3.8) is 0 Å². The molecule has 0 aromatic carbocycles. The molecule has 9 nitrogen and oxygen atoms in total. The monoisotopic (exact) mass is 293 g/mol. The van der Waals surface area contributed by atoms with Gasteiger partial charge in [-0.1, -0.05) is 32.9 Å². The van der Waals surface area contributed by atoms with Crippen LogP contribution in [0, 0.1) is 0 Å². The van der Waals surface area contributed by atoms with Crippen molar-refractivity contribution < 1.29 is 9.90 Å². The van der Waals surface area contributed by atoms with Crippen LogP contribution in [-0.2, 0) is 18.5 Å². The minimum Gasteiger partial charge on any atom is -0.476 e. The molecule has 0 aliphatic heterocycles. The van der Waals surface area contributed by atoms with Crippen molar-refractivity contribution in [3.05, 3.63) is 17.2 Å². The van der Waals surface area contributed by atoms with Crippen LogP contribution in [0.2, 0.25) is 0 Å². The van der Waals surface area contributed by atoms with Gasteiger partial charge in [0.1, 0.15) is 6.54 Å². The maximum atomic E-state index is 11.3. The van der Waals surface area contributed by atoms with Gasteiger partial charge >= 0.3 is 5.97 Å². The Morgan fingerprint density at radius 3 is 2.48 bits per heavy atom. The van der Waals surface area contributed by atoms with Gasteiger partial charge in [-0.2, -0.15) is 0 Å². The van der Waals surface area contributed by atoms with E-state index in [2.05, 4.69) is 25.8 Å². The van der Waals surface area contributed by atoms with Crippen molar-refractivity contribution in [2.24, 2.45) is 0 Å². The summed E-state index contributed by atoms with van der Waals surface area (Å²) in [4.78, 5) is 11.3. The van der Waals surface area contributed by atoms with Crippen LogP contribution in [0.4, 0.5) is 0 Å². The Morgan fingerprint density at radius 2 is 1.90 bits per heavy atom. The highest BCUT2D eigenvalue weighted by Gasteiger charge is 2.29. The topological polar surface area (TPSA) is 112 Å². The summed E-state index contributed by atoms with van der Waals surface area (Å²) in [5, 5.41) is 28.5. The second kappa shape index (κ2) is 5.58. The molecule has 114 valence electrons. The first-order valence-corrected chi connectivity index (χ1v) is 6.77. The van der Waals surface area contributed by atoms with Gasteiger partial charge in [-0.3, -0.25) is 0 Å². The lowest BCUT2D eigenvalue weighted by Gasteiger charge is -2.20. The molecule has 21 heavy (non-hydrogen) atoms. The van der Waals surface area contributed by atoms with Gasteiger partial charge < -0.3 is 5.11 Å². The Bertz CT molecular complexity index is 638. The summed E-state index contributed by atoms with van der Waals surface area (Å²) in [7, 11) is 0. The second-order valence-electron chi connectivity index (χ2n) is 5.82. The van der Waals surface area contributed by atoms with Gasteiger partial charge in [0.2, 0.25) is 0 Å². The molecule has 0 aliphatic carbocycles. The molecule has 0 unspecified atom stereocenters. The van der Waals surface area contributed by atoms with Gasteiger partial charge in [0.15, 0.2) is 11.5 Å². The summed E-state index contributed by atoms with van der Waals surface area (Å²) < 4.78 is 3.25. The van der Waals surface area contributed by atoms with Crippen LogP contribution in [0.5, 0.6) is 0 Å². The molecule has 2 heterocycles. The average molecular weight is 293 g/mol. The number of nitrogens with zero attached hydrogens (tertiary/aromatic N) is 7. The molecule has 2 rings (SSSR count). The van der Waals surface area contributed by atoms with Crippen molar-refractivity contribution in [1.82, 2.24) is 35.2 Å². The third-order valence-electron chi connectivity index (χ3n) is 2.98. The van der Waals surface area contributed by atoms with Gasteiger partial charge in [0.25, 0.3) is 0 Å². The number of carboxylic acid groups (broad SMARTS) is 1. The predicted octanol–water partition coefficient (Wildman–Crippen LogP) is 0.719. The highest BCUT2D eigenvalue weighted by molar-refractivity contribution is 5.86. The molecule has 1 N–H and O–H groups in total. The largest absolute Gasteiger partial charge is 0.476 e. The van der Waals surface area contributed by atoms with Gasteiger partial charge in [-0.25, -0.2) is 14.2 Å². The SMILES string of the molecule is CCCn1nnnc1Cn1nnc(C(=O)O)c1C(C)(C)C. The fraction of sp³-hybridized carbons (Fsp3) is 0.667. The second-order valence-corrected chi connectivity index (χ2v) is 5.82. The maximum absolute atomic E-state index is 11.3. The van der Waals surface area contributed by atoms with E-state index in [4.69, 9.17) is 0 Å². The number of tetrazole rings is 1. The number of carboxylic acids is 1. The van der Waals surface area contributed by atoms with E-state index in [0.717, 1.165) is 6.42 Å². The lowest BCUT2D eigenvalue weighted by atomic mass is 9.90. The normalized spacial score (nSPS) is 11.8. The number of hydrogen-bond donors (Lipinski definition) is 1. The van der Waals surface area contributed by atoms with Crippen LogP contribution < -0.4 is 0 Å². The van der Waals surface area contributed by atoms with E-state index in [9.17, 15) is 9.90 Å². The molecule has 0 saturated carbocycles. The van der Waals surface area contributed by atoms with E-state index in [1.165, 1.54) is 0 Å². The number of aromatic nitrogens is 7. The van der Waals surface area contributed by atoms with E-state index in [1.54, 1.807) is 9.36 Å². The summed E-state index contributed by atoms with van der Waals surface area (Å²) in [5.74, 6) is -0.455. The molecule has 0 atom stereocenters. The fourth-order valence-corrected chi connectivity index (χ4v) is 2.17. The van der Waals surface area contributed by atoms with Crippen LogP contribution in [0.3, 0.4) is 0 Å². The number of rotatable bonds is 5. The number of carbonyl (C=O) groups is 1. The smallest absolute Gasteiger partial charge is 0.358 e. The molecular formula is C12H19N7O2. The van der Waals surface area contributed by atoms with Gasteiger partial charge in [0, 0.05) is 12.0 Å². The Hall–Kier alpha value is -2.32. The zero-order chi connectivity index (χ0) is 15.6. The first kappa shape index (κ1) is 15.1. The fourth-order valence-electron chi connectivity index (χ4n) is 2.17. The molecule has 0 fully saturated rings. The van der Waals surface area contributed by atoms with E-state index in [1.807, 2.05) is 27.7 Å². The Kier molecular flexibility index (Phi) is 4.01. The number of aromatic carboxylic acids is 1. The van der Waals surface area contributed by atoms with Crippen molar-refractivity contribution in [1.29, 1.82) is 0 Å². The third kappa shape index (κ3) is 3.06. The minimum atomic E-state index is -1.08. The molecule has 0 bridgehead atoms. The van der Waals surface area contributed by atoms with Crippen molar-refractivity contribution in [2.45, 2.75) is 52.6 Å². The third-order valence-corrected chi connectivity index (χ3v) is 2.98. The summed E-state index contributed by atoms with van der Waals surface area (Å²) >= 11 is 0. The molecule has 0 spiro atoms. The molecule has 2 aromatic rings. The quantitative estimate of drug-likeness (QED) is 0.864. The first-order valence-electron chi connectivity index (χ1n) is 6.77. The predicted molar refractivity (Wildman–Crippen MR) is 72.9 cm³/mol. The van der Waals surface area contributed by atoms with Crippen LogP contribution in [0.25, 0.3) is 0 Å². The van der Waals surface area contributed by atoms with Crippen molar-refractivity contribution >= 4 is 5.97 Å². The summed E-state index contributed by atoms with van der Waals surface area (Å²) in [6.45, 7) is 8.79. The minimum absolute atomic E-state index is 0.0305. The van der Waals surface area contributed by atoms with Crippen LogP contribution >= 0.6 is 0 Å². The van der Waals surface area contributed by atoms with E-state index in [-0.39, 0.29) is 5.69 Å². The van der Waals surface area contributed by atoms with Gasteiger partial charge in [0.05, 0.1) is 5.69 Å². The van der Waals surface area contributed by atoms with Crippen LogP contribution in [0.15, 0.2) is 0 Å². The Balaban J connectivity index is 2.41. The Labute approximate surface area is 122 Å². The summed E-state index contributed by atoms with van der Waals surface area (Å²) in [5.41, 5.74) is 0.123. The molecule has 0 radical (unpaired) electrons. The zero-order valence-corrected chi connectivity index (χ0v) is 12.6. The Morgan fingerprint density at radius 1 is 1.19 bits per heavy atom. The highest BCUT2D eigenvalue weighted by atomic mass is 16.4. The lowest BCUT2D eigenvalue weighted by Crippen LogP contribution is -2.23. The zero-order valence-electron chi connectivity index (χ0n) is 12.6. The number of hydrogen-bond acceptors (Lipinski definition) is 6. The van der Waals surface area contributed by atoms with Gasteiger partial charge in [-0.05, 0) is 16.8 Å². The molecule has 0 saturated heterocycles. The first-order chi connectivity index (χ1) is 9.84. The van der Waals surface area contributed by atoms with Gasteiger partial charge in [-0.15, -0.1) is 10.2 Å². The molecule has 0 aliphatic rings. The molecule has 0 amide bonds. The van der Waals surface area contributed by atoms with E-state index in [0.29, 0.717) is 24.6 Å². The summed E-state index contributed by atoms with van der Waals surface area (Å²) in [6, 6.07) is 0. The standard InChI is InChI=1S/C12H19N7O2/c1-5-6-18-8(13-15-17-18)7-19-10(12(2,3)4)9(11(20)21)14-16-19/h5-7H2,1-4H3,(H,20,21). The highest BCUT2D eigenvalue weighted by Crippen LogP contribution is 2.25. The van der Waals surface area contributed by atoms with Crippen LogP contribution in [0.1, 0.15) is 56.1 Å². The van der Waals surface area contributed by atoms with Crippen molar-refractivity contribution in [2.75, 3.05) is 0 Å². The molecular weight excluding hydrogens is 274 g/mol. The maximum Gasteiger partial charge on any atom is 0.358 e. The summed E-state index contributed by atoms with van der Waals surface area (Å²) in [6.07, 6.45) is 0.905. The average Bonchev–Trinajstić information content (AvgIpc) is 2.97. The molecule has 9 heteroatoms. The lowest BCUT2D eigenvalue weighted by molar-refractivity contribution is 0.0687. The van der Waals surface area contributed by atoms with Crippen LogP contribution in [-0.4, -0.2) is 46.3 Å². The van der Waals surface area contributed by atoms with Crippen molar-refractivity contribution in [3.8, 4) is 0 Å². The molecule has 2 aromatic heterocycles. The number of aryl methyl sites for hydroxylation is 1. The van der Waals surface area contributed by atoms with E-state index >= 15 is 0 Å². The van der Waals surface area contributed by atoms with E-state index < -0.39 is 11.4 Å².